The maximum Gasteiger partial charge on any atom is 0.307 e. The van der Waals surface area contributed by atoms with Gasteiger partial charge in [-0.05, 0) is 82.4 Å². The monoisotopic (exact) mass is 467 g/mol. The highest BCUT2D eigenvalue weighted by Crippen LogP contribution is 2.35. The first-order valence-electron chi connectivity index (χ1n) is 9.80. The van der Waals surface area contributed by atoms with E-state index in [1.807, 2.05) is 19.1 Å². The van der Waals surface area contributed by atoms with Crippen molar-refractivity contribution >= 4 is 45.0 Å². The Kier molecular flexibility index (Phi) is 6.26. The van der Waals surface area contributed by atoms with Crippen molar-refractivity contribution in [3.8, 4) is 11.1 Å². The average molecular weight is 468 g/mol. The molecule has 0 aliphatic rings. The van der Waals surface area contributed by atoms with Crippen molar-refractivity contribution in [3.05, 3.63) is 94.8 Å². The molecule has 0 spiro atoms. The van der Waals surface area contributed by atoms with Gasteiger partial charge in [-0.3, -0.25) is 4.79 Å². The van der Waals surface area contributed by atoms with Crippen molar-refractivity contribution in [3.63, 3.8) is 0 Å². The standard InChI is InChI=1S/C25H19ClFNO3S/c1-15-18(12-24(29)30)11-17-5-8-20(27)14-23(17)25(15)16-6-9-22(10-7-16)32(31)28-21-4-2-3-19(26)13-21/h2-11,13-14,28H,12H2,1H3,(H,29,30). The Balaban J connectivity index is 1.74. The third-order valence-electron chi connectivity index (χ3n) is 5.20. The van der Waals surface area contributed by atoms with Gasteiger partial charge in [0.2, 0.25) is 0 Å². The zero-order valence-electron chi connectivity index (χ0n) is 17.1. The highest BCUT2D eigenvalue weighted by atomic mass is 35.5. The van der Waals surface area contributed by atoms with Crippen LogP contribution in [0.3, 0.4) is 0 Å². The minimum absolute atomic E-state index is 0.127. The minimum Gasteiger partial charge on any atom is -0.481 e. The molecule has 0 bridgehead atoms. The third-order valence-corrected chi connectivity index (χ3v) is 6.56. The Morgan fingerprint density at radius 1 is 1.06 bits per heavy atom. The van der Waals surface area contributed by atoms with Crippen molar-refractivity contribution in [1.82, 2.24) is 0 Å². The van der Waals surface area contributed by atoms with E-state index in [-0.39, 0.29) is 12.2 Å². The topological polar surface area (TPSA) is 66.4 Å². The highest BCUT2D eigenvalue weighted by molar-refractivity contribution is 7.86. The molecule has 0 saturated heterocycles. The van der Waals surface area contributed by atoms with Gasteiger partial charge in [0.25, 0.3) is 0 Å². The molecule has 0 aliphatic heterocycles. The van der Waals surface area contributed by atoms with Crippen molar-refractivity contribution in [2.24, 2.45) is 0 Å². The Hall–Kier alpha value is -3.22. The lowest BCUT2D eigenvalue weighted by Crippen LogP contribution is -2.05. The second-order valence-corrected chi connectivity index (χ2v) is 9.03. The van der Waals surface area contributed by atoms with E-state index < -0.39 is 17.0 Å². The Morgan fingerprint density at radius 3 is 2.50 bits per heavy atom. The number of benzene rings is 4. The number of rotatable bonds is 6. The molecule has 4 nitrogen and oxygen atoms in total. The van der Waals surface area contributed by atoms with Gasteiger partial charge in [0.05, 0.1) is 11.3 Å². The predicted molar refractivity (Wildman–Crippen MR) is 127 cm³/mol. The summed E-state index contributed by atoms with van der Waals surface area (Å²) in [4.78, 5) is 11.9. The molecule has 2 N–H and O–H groups in total. The van der Waals surface area contributed by atoms with E-state index in [1.54, 1.807) is 48.5 Å². The molecule has 0 aliphatic carbocycles. The molecule has 4 rings (SSSR count). The molecule has 0 fully saturated rings. The first kappa shape index (κ1) is 22.0. The largest absolute Gasteiger partial charge is 0.481 e. The van der Waals surface area contributed by atoms with E-state index >= 15 is 0 Å². The predicted octanol–water partition coefficient (Wildman–Crippen LogP) is 6.37. The molecule has 0 aromatic heterocycles. The van der Waals surface area contributed by atoms with Crippen LogP contribution in [0.25, 0.3) is 21.9 Å². The number of carboxylic acid groups (broad SMARTS) is 1. The van der Waals surface area contributed by atoms with Crippen LogP contribution in [0.4, 0.5) is 10.1 Å². The summed E-state index contributed by atoms with van der Waals surface area (Å²) >= 11 is 5.98. The van der Waals surface area contributed by atoms with Crippen LogP contribution in [0.1, 0.15) is 11.1 Å². The van der Waals surface area contributed by atoms with Gasteiger partial charge in [-0.15, -0.1) is 0 Å². The lowest BCUT2D eigenvalue weighted by Gasteiger charge is -2.16. The van der Waals surface area contributed by atoms with Crippen LogP contribution < -0.4 is 4.72 Å². The van der Waals surface area contributed by atoms with Crippen LogP contribution in [0.2, 0.25) is 5.02 Å². The van der Waals surface area contributed by atoms with Crippen LogP contribution in [0.15, 0.2) is 77.7 Å². The summed E-state index contributed by atoms with van der Waals surface area (Å²) < 4.78 is 29.7. The number of anilines is 1. The van der Waals surface area contributed by atoms with Crippen LogP contribution in [-0.2, 0) is 22.2 Å². The second-order valence-electron chi connectivity index (χ2n) is 7.38. The Labute approximate surface area is 192 Å². The summed E-state index contributed by atoms with van der Waals surface area (Å²) in [5, 5.41) is 11.3. The number of fused-ring (bicyclic) bond motifs is 1. The summed E-state index contributed by atoms with van der Waals surface area (Å²) in [6.07, 6.45) is -0.127. The molecule has 1 unspecified atom stereocenters. The van der Waals surface area contributed by atoms with Gasteiger partial charge < -0.3 is 9.83 Å². The zero-order chi connectivity index (χ0) is 22.8. The van der Waals surface area contributed by atoms with Crippen LogP contribution in [0, 0.1) is 12.7 Å². The van der Waals surface area contributed by atoms with Gasteiger partial charge in [0, 0.05) is 10.7 Å². The average Bonchev–Trinajstić information content (AvgIpc) is 2.74. The minimum atomic E-state index is -1.50. The number of carboxylic acids is 1. The summed E-state index contributed by atoms with van der Waals surface area (Å²) in [5.41, 5.74) is 3.63. The van der Waals surface area contributed by atoms with E-state index in [0.717, 1.165) is 22.1 Å². The summed E-state index contributed by atoms with van der Waals surface area (Å²) in [6, 6.07) is 20.3. The molecule has 7 heteroatoms. The fraction of sp³-hybridized carbons (Fsp3) is 0.0800. The normalized spacial score (nSPS) is 12.0. The van der Waals surface area contributed by atoms with Gasteiger partial charge in [0.15, 0.2) is 0 Å². The summed E-state index contributed by atoms with van der Waals surface area (Å²) in [7, 11) is -1.50. The SMILES string of the molecule is Cc1c(CC(=O)O)cc2ccc(F)cc2c1-c1ccc(S(=O)Nc2cccc(Cl)c2)cc1. The quantitative estimate of drug-likeness (QED) is 0.346. The smallest absolute Gasteiger partial charge is 0.307 e. The molecular weight excluding hydrogens is 449 g/mol. The van der Waals surface area contributed by atoms with Crippen LogP contribution in [-0.4, -0.2) is 15.3 Å². The summed E-state index contributed by atoms with van der Waals surface area (Å²) in [6.45, 7) is 1.84. The molecule has 162 valence electrons. The van der Waals surface area contributed by atoms with E-state index in [2.05, 4.69) is 4.72 Å². The van der Waals surface area contributed by atoms with Gasteiger partial charge in [-0.1, -0.05) is 41.9 Å². The number of nitrogens with one attached hydrogen (secondary N) is 1. The van der Waals surface area contributed by atoms with Gasteiger partial charge in [-0.25, -0.2) is 8.60 Å². The second kappa shape index (κ2) is 9.10. The van der Waals surface area contributed by atoms with E-state index in [0.29, 0.717) is 26.6 Å². The highest BCUT2D eigenvalue weighted by Gasteiger charge is 2.15. The van der Waals surface area contributed by atoms with E-state index in [9.17, 15) is 18.5 Å². The molecule has 32 heavy (non-hydrogen) atoms. The third kappa shape index (κ3) is 4.66. The Bertz CT molecular complexity index is 1360. The lowest BCUT2D eigenvalue weighted by atomic mass is 9.89. The number of halogens is 2. The number of carbonyl (C=O) groups is 1. The van der Waals surface area contributed by atoms with Crippen molar-refractivity contribution in [2.75, 3.05) is 4.72 Å². The van der Waals surface area contributed by atoms with Crippen LogP contribution >= 0.6 is 11.6 Å². The molecule has 1 atom stereocenters. The molecule has 0 heterocycles. The van der Waals surface area contributed by atoms with E-state index in [4.69, 9.17) is 11.6 Å². The summed E-state index contributed by atoms with van der Waals surface area (Å²) in [5.74, 6) is -1.30. The Morgan fingerprint density at radius 2 is 1.81 bits per heavy atom. The van der Waals surface area contributed by atoms with Crippen LogP contribution in [0.5, 0.6) is 0 Å². The number of aliphatic carboxylic acids is 1. The fourth-order valence-corrected chi connectivity index (χ4v) is 4.74. The van der Waals surface area contributed by atoms with Crippen molar-refractivity contribution in [1.29, 1.82) is 0 Å². The van der Waals surface area contributed by atoms with Crippen molar-refractivity contribution in [2.45, 2.75) is 18.2 Å². The van der Waals surface area contributed by atoms with E-state index in [1.165, 1.54) is 12.1 Å². The molecule has 0 radical (unpaired) electrons. The molecule has 4 aromatic carbocycles. The molecular formula is C25H19ClFNO3S. The first-order chi connectivity index (χ1) is 15.3. The molecule has 0 amide bonds. The first-order valence-corrected chi connectivity index (χ1v) is 11.3. The van der Waals surface area contributed by atoms with Gasteiger partial charge in [0.1, 0.15) is 16.8 Å². The molecule has 4 aromatic rings. The zero-order valence-corrected chi connectivity index (χ0v) is 18.6. The molecule has 0 saturated carbocycles. The van der Waals surface area contributed by atoms with Gasteiger partial charge in [-0.2, -0.15) is 0 Å². The fourth-order valence-electron chi connectivity index (χ4n) is 3.71. The number of hydrogen-bond donors (Lipinski definition) is 2. The maximum absolute atomic E-state index is 14.0. The number of hydrogen-bond acceptors (Lipinski definition) is 2. The van der Waals surface area contributed by atoms with Gasteiger partial charge >= 0.3 is 5.97 Å². The van der Waals surface area contributed by atoms with Crippen molar-refractivity contribution < 1.29 is 18.5 Å². The lowest BCUT2D eigenvalue weighted by molar-refractivity contribution is -0.136. The maximum atomic E-state index is 14.0.